The van der Waals surface area contributed by atoms with Gasteiger partial charge in [0.2, 0.25) is 6.41 Å². The molecule has 2 aliphatic rings. The third kappa shape index (κ3) is 2.97. The molecule has 1 fully saturated rings. The van der Waals surface area contributed by atoms with Crippen LogP contribution in [0.5, 0.6) is 5.75 Å². The fourth-order valence-corrected chi connectivity index (χ4v) is 3.73. The Morgan fingerprint density at radius 2 is 2.10 bits per heavy atom. The van der Waals surface area contributed by atoms with Crippen LogP contribution < -0.4 is 4.74 Å². The largest absolute Gasteiger partial charge is 0.497 e. The molecule has 1 aromatic carbocycles. The Hall–Kier alpha value is -1.77. The lowest BCUT2D eigenvalue weighted by atomic mass is 9.75. The molecule has 0 aromatic heterocycles. The molecule has 0 bridgehead atoms. The molecule has 0 saturated heterocycles. The van der Waals surface area contributed by atoms with Crippen LogP contribution in [0.3, 0.4) is 0 Å². The highest BCUT2D eigenvalue weighted by molar-refractivity contribution is 5.50. The van der Waals surface area contributed by atoms with Crippen molar-refractivity contribution in [2.75, 3.05) is 13.7 Å². The summed E-state index contributed by atoms with van der Waals surface area (Å²) in [5.74, 6) is 1.44. The van der Waals surface area contributed by atoms with Crippen LogP contribution in [0.4, 0.5) is 0 Å². The highest BCUT2D eigenvalue weighted by Gasteiger charge is 2.33. The molecule has 2 unspecified atom stereocenters. The van der Waals surface area contributed by atoms with Crippen LogP contribution in [-0.4, -0.2) is 31.0 Å². The van der Waals surface area contributed by atoms with E-state index in [4.69, 9.17) is 4.74 Å². The quantitative estimate of drug-likeness (QED) is 0.628. The van der Waals surface area contributed by atoms with Crippen molar-refractivity contribution in [1.82, 2.24) is 4.90 Å². The van der Waals surface area contributed by atoms with E-state index >= 15 is 0 Å². The predicted molar refractivity (Wildman–Crippen MR) is 83.3 cm³/mol. The van der Waals surface area contributed by atoms with Crippen molar-refractivity contribution in [1.29, 1.82) is 0 Å². The van der Waals surface area contributed by atoms with E-state index in [0.717, 1.165) is 25.1 Å². The SMILES string of the molecule is COc1ccc(CC2C3CCCCC3=CCN2C=O)cc1. The van der Waals surface area contributed by atoms with Crippen molar-refractivity contribution >= 4 is 6.41 Å². The van der Waals surface area contributed by atoms with E-state index in [1.807, 2.05) is 17.0 Å². The second kappa shape index (κ2) is 6.33. The lowest BCUT2D eigenvalue weighted by Crippen LogP contribution is -2.46. The highest BCUT2D eigenvalue weighted by Crippen LogP contribution is 2.37. The van der Waals surface area contributed by atoms with Gasteiger partial charge >= 0.3 is 0 Å². The molecule has 1 saturated carbocycles. The normalized spacial score (nSPS) is 25.0. The molecule has 1 aliphatic heterocycles. The van der Waals surface area contributed by atoms with E-state index in [2.05, 4.69) is 18.2 Å². The number of nitrogens with zero attached hydrogens (tertiary/aromatic N) is 1. The zero-order valence-electron chi connectivity index (χ0n) is 12.6. The van der Waals surface area contributed by atoms with Crippen LogP contribution in [0.25, 0.3) is 0 Å². The van der Waals surface area contributed by atoms with E-state index in [0.29, 0.717) is 12.0 Å². The highest BCUT2D eigenvalue weighted by atomic mass is 16.5. The van der Waals surface area contributed by atoms with E-state index in [1.165, 1.54) is 31.2 Å². The van der Waals surface area contributed by atoms with Crippen molar-refractivity contribution in [3.05, 3.63) is 41.5 Å². The van der Waals surface area contributed by atoms with Gasteiger partial charge in [-0.1, -0.05) is 30.2 Å². The molecule has 3 nitrogen and oxygen atoms in total. The lowest BCUT2D eigenvalue weighted by Gasteiger charge is -2.42. The number of carbonyl (C=O) groups excluding carboxylic acids is 1. The van der Waals surface area contributed by atoms with Crippen LogP contribution in [-0.2, 0) is 11.2 Å². The summed E-state index contributed by atoms with van der Waals surface area (Å²) in [5, 5.41) is 0. The van der Waals surface area contributed by atoms with Gasteiger partial charge in [-0.05, 0) is 43.4 Å². The minimum Gasteiger partial charge on any atom is -0.497 e. The zero-order valence-corrected chi connectivity index (χ0v) is 12.6. The van der Waals surface area contributed by atoms with Gasteiger partial charge in [-0.3, -0.25) is 4.79 Å². The Morgan fingerprint density at radius 3 is 2.81 bits per heavy atom. The number of methoxy groups -OCH3 is 1. The van der Waals surface area contributed by atoms with Gasteiger partial charge in [0.15, 0.2) is 0 Å². The van der Waals surface area contributed by atoms with Crippen LogP contribution in [0.15, 0.2) is 35.9 Å². The molecule has 1 amide bonds. The first-order valence-corrected chi connectivity index (χ1v) is 7.84. The van der Waals surface area contributed by atoms with Crippen LogP contribution in [0.2, 0.25) is 0 Å². The van der Waals surface area contributed by atoms with Crippen molar-refractivity contribution in [2.24, 2.45) is 5.92 Å². The summed E-state index contributed by atoms with van der Waals surface area (Å²) in [4.78, 5) is 13.4. The smallest absolute Gasteiger partial charge is 0.210 e. The Labute approximate surface area is 126 Å². The molecule has 1 aromatic rings. The first kappa shape index (κ1) is 14.2. The minimum atomic E-state index is 0.316. The van der Waals surface area contributed by atoms with E-state index < -0.39 is 0 Å². The Morgan fingerprint density at radius 1 is 1.29 bits per heavy atom. The average Bonchev–Trinajstić information content (AvgIpc) is 2.56. The fourth-order valence-electron chi connectivity index (χ4n) is 3.73. The number of rotatable bonds is 4. The van der Waals surface area contributed by atoms with E-state index in [9.17, 15) is 4.79 Å². The third-order valence-electron chi connectivity index (χ3n) is 4.90. The molecule has 21 heavy (non-hydrogen) atoms. The maximum absolute atomic E-state index is 11.4. The summed E-state index contributed by atoms with van der Waals surface area (Å²) in [6.07, 6.45) is 9.27. The van der Waals surface area contributed by atoms with Gasteiger partial charge in [0.05, 0.1) is 7.11 Å². The molecule has 1 heterocycles. The summed E-state index contributed by atoms with van der Waals surface area (Å²) in [5.41, 5.74) is 2.86. The molecule has 0 N–H and O–H groups in total. The molecule has 3 heteroatoms. The van der Waals surface area contributed by atoms with Crippen molar-refractivity contribution in [2.45, 2.75) is 38.1 Å². The molecule has 0 radical (unpaired) electrons. The van der Waals surface area contributed by atoms with Crippen molar-refractivity contribution in [3.8, 4) is 5.75 Å². The monoisotopic (exact) mass is 285 g/mol. The molecular formula is C18H23NO2. The summed E-state index contributed by atoms with van der Waals surface area (Å²) in [6, 6.07) is 8.55. The van der Waals surface area contributed by atoms with E-state index in [1.54, 1.807) is 12.7 Å². The van der Waals surface area contributed by atoms with Gasteiger partial charge in [0, 0.05) is 18.5 Å². The third-order valence-corrected chi connectivity index (χ3v) is 4.90. The van der Waals surface area contributed by atoms with Crippen LogP contribution >= 0.6 is 0 Å². The minimum absolute atomic E-state index is 0.316. The Balaban J connectivity index is 1.79. The Bertz CT molecular complexity index is 521. The molecular weight excluding hydrogens is 262 g/mol. The summed E-state index contributed by atoms with van der Waals surface area (Å²) in [6.45, 7) is 0.774. The standard InChI is InChI=1S/C18H23NO2/c1-21-16-8-6-14(7-9-16)12-18-17-5-3-2-4-15(17)10-11-19(18)13-20/h6-10,13,17-18H,2-5,11-12H2,1H3. The van der Waals surface area contributed by atoms with Gasteiger partial charge < -0.3 is 9.64 Å². The number of hydrogen-bond donors (Lipinski definition) is 0. The predicted octanol–water partition coefficient (Wildman–Crippen LogP) is 3.19. The first-order chi connectivity index (χ1) is 10.3. The number of benzene rings is 1. The summed E-state index contributed by atoms with van der Waals surface area (Å²) >= 11 is 0. The summed E-state index contributed by atoms with van der Waals surface area (Å²) < 4.78 is 5.21. The van der Waals surface area contributed by atoms with Gasteiger partial charge in [-0.2, -0.15) is 0 Å². The second-order valence-corrected chi connectivity index (χ2v) is 6.05. The molecule has 112 valence electrons. The van der Waals surface area contributed by atoms with Crippen LogP contribution in [0.1, 0.15) is 31.2 Å². The number of carbonyl (C=O) groups is 1. The van der Waals surface area contributed by atoms with Crippen molar-refractivity contribution < 1.29 is 9.53 Å². The summed E-state index contributed by atoms with van der Waals surface area (Å²) in [7, 11) is 1.68. The van der Waals surface area contributed by atoms with Crippen molar-refractivity contribution in [3.63, 3.8) is 0 Å². The zero-order chi connectivity index (χ0) is 14.7. The number of hydrogen-bond acceptors (Lipinski definition) is 2. The second-order valence-electron chi connectivity index (χ2n) is 6.05. The fraction of sp³-hybridized carbons (Fsp3) is 0.500. The Kier molecular flexibility index (Phi) is 4.28. The molecule has 1 aliphatic carbocycles. The average molecular weight is 285 g/mol. The maximum Gasteiger partial charge on any atom is 0.210 e. The van der Waals surface area contributed by atoms with Gasteiger partial charge in [-0.25, -0.2) is 0 Å². The number of amides is 1. The van der Waals surface area contributed by atoms with Gasteiger partial charge in [-0.15, -0.1) is 0 Å². The molecule has 2 atom stereocenters. The van der Waals surface area contributed by atoms with Gasteiger partial charge in [0.1, 0.15) is 5.75 Å². The lowest BCUT2D eigenvalue weighted by molar-refractivity contribution is -0.121. The number of ether oxygens (including phenoxy) is 1. The molecule has 0 spiro atoms. The molecule has 3 rings (SSSR count). The number of fused-ring (bicyclic) bond motifs is 1. The van der Waals surface area contributed by atoms with E-state index in [-0.39, 0.29) is 0 Å². The first-order valence-electron chi connectivity index (χ1n) is 7.84. The van der Waals surface area contributed by atoms with Gasteiger partial charge in [0.25, 0.3) is 0 Å². The maximum atomic E-state index is 11.4. The van der Waals surface area contributed by atoms with Crippen LogP contribution in [0, 0.1) is 5.92 Å². The topological polar surface area (TPSA) is 29.5 Å².